The van der Waals surface area contributed by atoms with Crippen LogP contribution in [0.3, 0.4) is 0 Å². The van der Waals surface area contributed by atoms with Gasteiger partial charge in [-0.2, -0.15) is 0 Å². The van der Waals surface area contributed by atoms with E-state index in [1.807, 2.05) is 26.8 Å². The molecule has 0 spiro atoms. The van der Waals surface area contributed by atoms with E-state index in [4.69, 9.17) is 15.2 Å². The summed E-state index contributed by atoms with van der Waals surface area (Å²) >= 11 is 0. The van der Waals surface area contributed by atoms with Crippen molar-refractivity contribution in [2.75, 3.05) is 19.5 Å². The van der Waals surface area contributed by atoms with Gasteiger partial charge in [0.15, 0.2) is 0 Å². The van der Waals surface area contributed by atoms with Gasteiger partial charge in [-0.05, 0) is 57.1 Å². The molecule has 4 unspecified atom stereocenters. The molecule has 1 aromatic heterocycles. The number of hydrogen-bond donors (Lipinski definition) is 2. The van der Waals surface area contributed by atoms with E-state index in [-0.39, 0.29) is 43.0 Å². The number of pyridine rings is 1. The largest absolute Gasteiger partial charge is 0.469 e. The molecule has 3 N–H and O–H groups in total. The summed E-state index contributed by atoms with van der Waals surface area (Å²) < 4.78 is 16.1. The Morgan fingerprint density at radius 2 is 2.03 bits per heavy atom. The number of anilines is 1. The number of carbonyl (C=O) groups is 2. The second-order valence-electron chi connectivity index (χ2n) is 8.56. The standard InChI is InChI=1S/C21H33N3O5/c1-13-10-14(15-6-8-23-12-16(15)22)11-17(24-20(26)29-21(2,3)4)19(13)28-9-7-18(25)27-5/h6,8,12-14,17,19H,7,9-11,22H2,1-5H3,(H,24,26). The topological polar surface area (TPSA) is 113 Å². The first-order chi connectivity index (χ1) is 13.6. The normalized spacial score (nSPS) is 24.6. The maximum absolute atomic E-state index is 12.4. The zero-order valence-electron chi connectivity index (χ0n) is 17.9. The Hall–Kier alpha value is -2.35. The van der Waals surface area contributed by atoms with Gasteiger partial charge in [0.2, 0.25) is 0 Å². The van der Waals surface area contributed by atoms with Crippen LogP contribution in [0.25, 0.3) is 0 Å². The highest BCUT2D eigenvalue weighted by Gasteiger charge is 2.39. The van der Waals surface area contributed by atoms with Crippen molar-refractivity contribution in [3.05, 3.63) is 24.0 Å². The molecular formula is C21H33N3O5. The highest BCUT2D eigenvalue weighted by molar-refractivity contribution is 5.69. The number of nitrogen functional groups attached to an aromatic ring is 1. The van der Waals surface area contributed by atoms with Crippen molar-refractivity contribution in [3.63, 3.8) is 0 Å². The van der Waals surface area contributed by atoms with Crippen LogP contribution in [0.4, 0.5) is 10.5 Å². The first kappa shape index (κ1) is 22.9. The Labute approximate surface area is 172 Å². The second kappa shape index (κ2) is 9.91. The van der Waals surface area contributed by atoms with E-state index in [0.29, 0.717) is 12.1 Å². The van der Waals surface area contributed by atoms with Gasteiger partial charge in [0, 0.05) is 6.20 Å². The number of amides is 1. The SMILES string of the molecule is COC(=O)CCOC1C(C)CC(c2ccncc2N)CC1NC(=O)OC(C)(C)C. The Balaban J connectivity index is 2.14. The first-order valence-electron chi connectivity index (χ1n) is 9.98. The lowest BCUT2D eigenvalue weighted by Gasteiger charge is -2.41. The zero-order valence-corrected chi connectivity index (χ0v) is 17.9. The summed E-state index contributed by atoms with van der Waals surface area (Å²) in [6, 6.07) is 1.65. The number of nitrogens with zero attached hydrogens (tertiary/aromatic N) is 1. The van der Waals surface area contributed by atoms with E-state index in [1.165, 1.54) is 7.11 Å². The third-order valence-electron chi connectivity index (χ3n) is 5.03. The van der Waals surface area contributed by atoms with Crippen LogP contribution in [0.15, 0.2) is 18.5 Å². The number of aromatic nitrogens is 1. The van der Waals surface area contributed by atoms with Crippen LogP contribution in [-0.2, 0) is 19.0 Å². The van der Waals surface area contributed by atoms with Crippen LogP contribution in [0.1, 0.15) is 58.4 Å². The molecule has 8 nitrogen and oxygen atoms in total. The van der Waals surface area contributed by atoms with Crippen LogP contribution >= 0.6 is 0 Å². The maximum Gasteiger partial charge on any atom is 0.407 e. The van der Waals surface area contributed by atoms with Crippen molar-refractivity contribution < 1.29 is 23.8 Å². The van der Waals surface area contributed by atoms with Gasteiger partial charge in [-0.1, -0.05) is 6.92 Å². The van der Waals surface area contributed by atoms with Crippen LogP contribution in [0.5, 0.6) is 0 Å². The fraction of sp³-hybridized carbons (Fsp3) is 0.667. The molecule has 0 aliphatic heterocycles. The molecule has 1 heterocycles. The molecule has 1 aliphatic carbocycles. The predicted molar refractivity (Wildman–Crippen MR) is 109 cm³/mol. The summed E-state index contributed by atoms with van der Waals surface area (Å²) in [5, 5.41) is 2.97. The van der Waals surface area contributed by atoms with Crippen molar-refractivity contribution >= 4 is 17.7 Å². The molecule has 1 aromatic rings. The van der Waals surface area contributed by atoms with Gasteiger partial charge in [0.25, 0.3) is 0 Å². The van der Waals surface area contributed by atoms with E-state index in [9.17, 15) is 9.59 Å². The lowest BCUT2D eigenvalue weighted by atomic mass is 9.74. The molecule has 1 fully saturated rings. The van der Waals surface area contributed by atoms with Crippen molar-refractivity contribution in [1.29, 1.82) is 0 Å². The van der Waals surface area contributed by atoms with Crippen molar-refractivity contribution in [2.45, 2.75) is 70.6 Å². The molecule has 1 aliphatic rings. The average molecular weight is 408 g/mol. The number of nitrogens with two attached hydrogens (primary N) is 1. The number of ether oxygens (including phenoxy) is 3. The minimum absolute atomic E-state index is 0.138. The molecule has 2 rings (SSSR count). The number of methoxy groups -OCH3 is 1. The molecule has 8 heteroatoms. The summed E-state index contributed by atoms with van der Waals surface area (Å²) in [6.07, 6.45) is 4.32. The minimum Gasteiger partial charge on any atom is -0.469 e. The van der Waals surface area contributed by atoms with Gasteiger partial charge in [0.05, 0.1) is 44.2 Å². The third kappa shape index (κ3) is 6.88. The quantitative estimate of drug-likeness (QED) is 0.697. The number of hydrogen-bond acceptors (Lipinski definition) is 7. The summed E-state index contributed by atoms with van der Waals surface area (Å²) in [5.41, 5.74) is 7.20. The lowest BCUT2D eigenvalue weighted by molar-refractivity contribution is -0.143. The van der Waals surface area contributed by atoms with Gasteiger partial charge in [-0.3, -0.25) is 9.78 Å². The summed E-state index contributed by atoms with van der Waals surface area (Å²) in [5.74, 6) is -0.0279. The van der Waals surface area contributed by atoms with Gasteiger partial charge in [-0.25, -0.2) is 4.79 Å². The van der Waals surface area contributed by atoms with Crippen molar-refractivity contribution in [3.8, 4) is 0 Å². The zero-order chi connectivity index (χ0) is 21.6. The van der Waals surface area contributed by atoms with Gasteiger partial charge in [0.1, 0.15) is 5.60 Å². The predicted octanol–water partition coefficient (Wildman–Crippen LogP) is 3.02. The molecule has 1 amide bonds. The summed E-state index contributed by atoms with van der Waals surface area (Å²) in [6.45, 7) is 7.77. The number of nitrogens with one attached hydrogen (secondary N) is 1. The number of rotatable bonds is 6. The number of esters is 1. The molecule has 4 atom stereocenters. The van der Waals surface area contributed by atoms with E-state index in [0.717, 1.165) is 12.0 Å². The molecule has 0 radical (unpaired) electrons. The molecular weight excluding hydrogens is 374 g/mol. The van der Waals surface area contributed by atoms with Gasteiger partial charge < -0.3 is 25.3 Å². The second-order valence-corrected chi connectivity index (χ2v) is 8.56. The highest BCUT2D eigenvalue weighted by atomic mass is 16.6. The van der Waals surface area contributed by atoms with Crippen LogP contribution < -0.4 is 11.1 Å². The fourth-order valence-corrected chi connectivity index (χ4v) is 3.82. The third-order valence-corrected chi connectivity index (χ3v) is 5.03. The monoisotopic (exact) mass is 407 g/mol. The molecule has 0 bridgehead atoms. The Kier molecular flexibility index (Phi) is 7.84. The molecule has 0 saturated heterocycles. The van der Waals surface area contributed by atoms with Crippen LogP contribution in [0.2, 0.25) is 0 Å². The lowest BCUT2D eigenvalue weighted by Crippen LogP contribution is -2.52. The summed E-state index contributed by atoms with van der Waals surface area (Å²) in [7, 11) is 1.35. The van der Waals surface area contributed by atoms with Gasteiger partial charge >= 0.3 is 12.1 Å². The highest BCUT2D eigenvalue weighted by Crippen LogP contribution is 2.39. The molecule has 0 aromatic carbocycles. The first-order valence-corrected chi connectivity index (χ1v) is 9.98. The number of carbonyl (C=O) groups excluding carboxylic acids is 2. The Morgan fingerprint density at radius 1 is 1.31 bits per heavy atom. The maximum atomic E-state index is 12.4. The van der Waals surface area contributed by atoms with E-state index < -0.39 is 11.7 Å². The van der Waals surface area contributed by atoms with Crippen LogP contribution in [0, 0.1) is 5.92 Å². The van der Waals surface area contributed by atoms with Crippen molar-refractivity contribution in [2.24, 2.45) is 5.92 Å². The molecule has 29 heavy (non-hydrogen) atoms. The Morgan fingerprint density at radius 3 is 2.66 bits per heavy atom. The summed E-state index contributed by atoms with van der Waals surface area (Å²) in [4.78, 5) is 27.9. The average Bonchev–Trinajstić information content (AvgIpc) is 2.62. The van der Waals surface area contributed by atoms with E-state index in [1.54, 1.807) is 12.4 Å². The van der Waals surface area contributed by atoms with E-state index in [2.05, 4.69) is 22.0 Å². The molecule has 162 valence electrons. The number of alkyl carbamates (subject to hydrolysis) is 1. The smallest absolute Gasteiger partial charge is 0.407 e. The van der Waals surface area contributed by atoms with Crippen molar-refractivity contribution in [1.82, 2.24) is 10.3 Å². The van der Waals surface area contributed by atoms with Gasteiger partial charge in [-0.15, -0.1) is 0 Å². The minimum atomic E-state index is -0.597. The van der Waals surface area contributed by atoms with E-state index >= 15 is 0 Å². The Bertz CT molecular complexity index is 704. The molecule has 1 saturated carbocycles. The fourth-order valence-electron chi connectivity index (χ4n) is 3.82. The van der Waals surface area contributed by atoms with Crippen LogP contribution in [-0.4, -0.2) is 48.5 Å².